The summed E-state index contributed by atoms with van der Waals surface area (Å²) in [5, 5.41) is 4.58. The van der Waals surface area contributed by atoms with Crippen molar-refractivity contribution in [3.8, 4) is 11.8 Å². The van der Waals surface area contributed by atoms with E-state index in [2.05, 4.69) is 17.2 Å². The molecule has 3 aromatic rings. The smallest absolute Gasteiger partial charge is 0.240 e. The number of carbonyl (C=O) groups excluding carboxylic acids is 1. The second-order valence-corrected chi connectivity index (χ2v) is 5.53. The number of nitrogens with zero attached hydrogens (tertiary/aromatic N) is 1. The number of para-hydroxylation sites is 1. The average Bonchev–Trinajstić information content (AvgIpc) is 2.95. The Morgan fingerprint density at radius 3 is 2.87 bits per heavy atom. The van der Waals surface area contributed by atoms with Gasteiger partial charge in [-0.15, -0.1) is 0 Å². The van der Waals surface area contributed by atoms with E-state index < -0.39 is 0 Å². The lowest BCUT2D eigenvalue weighted by molar-refractivity contribution is -0.121. The molecule has 0 radical (unpaired) electrons. The lowest BCUT2D eigenvalue weighted by Gasteiger charge is -2.05. The van der Waals surface area contributed by atoms with E-state index in [0.717, 1.165) is 16.5 Å². The van der Waals surface area contributed by atoms with E-state index in [0.29, 0.717) is 11.6 Å². The van der Waals surface area contributed by atoms with E-state index in [1.807, 2.05) is 53.2 Å². The first-order valence-electron chi connectivity index (χ1n) is 7.27. The van der Waals surface area contributed by atoms with Crippen molar-refractivity contribution in [2.24, 2.45) is 0 Å². The maximum absolute atomic E-state index is 12.0. The van der Waals surface area contributed by atoms with E-state index >= 15 is 0 Å². The minimum atomic E-state index is -0.0632. The summed E-state index contributed by atoms with van der Waals surface area (Å²) in [7, 11) is 0. The number of rotatable bonds is 3. The Morgan fingerprint density at radius 2 is 2.00 bits per heavy atom. The molecule has 1 N–H and O–H groups in total. The van der Waals surface area contributed by atoms with Gasteiger partial charge in [0.15, 0.2) is 0 Å². The Morgan fingerprint density at radius 1 is 1.13 bits per heavy atom. The molecule has 0 bridgehead atoms. The highest BCUT2D eigenvalue weighted by Crippen LogP contribution is 2.14. The zero-order valence-corrected chi connectivity index (χ0v) is 13.2. The van der Waals surface area contributed by atoms with Crippen LogP contribution in [0.25, 0.3) is 10.9 Å². The van der Waals surface area contributed by atoms with Gasteiger partial charge < -0.3 is 9.88 Å². The molecule has 0 aliphatic heterocycles. The fourth-order valence-corrected chi connectivity index (χ4v) is 2.53. The van der Waals surface area contributed by atoms with Crippen LogP contribution in [0.5, 0.6) is 0 Å². The van der Waals surface area contributed by atoms with Gasteiger partial charge in [-0.1, -0.05) is 47.7 Å². The van der Waals surface area contributed by atoms with Gasteiger partial charge in [0.05, 0.1) is 6.54 Å². The van der Waals surface area contributed by atoms with Crippen molar-refractivity contribution in [3.05, 3.63) is 71.4 Å². The van der Waals surface area contributed by atoms with Gasteiger partial charge in [-0.05, 0) is 35.7 Å². The number of nitrogens with one attached hydrogen (secondary N) is 1. The lowest BCUT2D eigenvalue weighted by atomic mass is 10.2. The van der Waals surface area contributed by atoms with E-state index in [1.165, 1.54) is 0 Å². The molecule has 3 nitrogen and oxygen atoms in total. The summed E-state index contributed by atoms with van der Waals surface area (Å²) in [4.78, 5) is 12.0. The molecule has 2 aromatic carbocycles. The third-order valence-electron chi connectivity index (χ3n) is 3.43. The second kappa shape index (κ2) is 7.04. The number of amides is 1. The minimum Gasteiger partial charge on any atom is -0.344 e. The van der Waals surface area contributed by atoms with Crippen LogP contribution < -0.4 is 5.32 Å². The summed E-state index contributed by atoms with van der Waals surface area (Å²) in [6.45, 7) is 0.594. The van der Waals surface area contributed by atoms with Crippen LogP contribution in [-0.4, -0.2) is 17.0 Å². The van der Waals surface area contributed by atoms with Crippen molar-refractivity contribution in [1.82, 2.24) is 9.88 Å². The summed E-state index contributed by atoms with van der Waals surface area (Å²) < 4.78 is 1.93. The SMILES string of the molecule is O=C(Cn1ccc2ccccc21)NCC#Cc1cccc(Cl)c1. The largest absolute Gasteiger partial charge is 0.344 e. The van der Waals surface area contributed by atoms with Gasteiger partial charge in [-0.2, -0.15) is 0 Å². The van der Waals surface area contributed by atoms with E-state index in [9.17, 15) is 4.79 Å². The van der Waals surface area contributed by atoms with Crippen LogP contribution in [0.2, 0.25) is 5.02 Å². The summed E-state index contributed by atoms with van der Waals surface area (Å²) in [5.74, 6) is 5.84. The highest BCUT2D eigenvalue weighted by Gasteiger charge is 2.04. The number of aromatic nitrogens is 1. The predicted octanol–water partition coefficient (Wildman–Crippen LogP) is 3.46. The molecule has 1 heterocycles. The van der Waals surface area contributed by atoms with Crippen LogP contribution in [0, 0.1) is 11.8 Å². The first-order chi connectivity index (χ1) is 11.2. The van der Waals surface area contributed by atoms with Crippen LogP contribution in [0.4, 0.5) is 0 Å². The Hall–Kier alpha value is -2.70. The molecule has 114 valence electrons. The van der Waals surface area contributed by atoms with Crippen molar-refractivity contribution in [2.45, 2.75) is 6.54 Å². The molecule has 1 amide bonds. The molecular weight excluding hydrogens is 308 g/mol. The summed E-state index contributed by atoms with van der Waals surface area (Å²) in [6, 6.07) is 17.3. The number of hydrogen-bond donors (Lipinski definition) is 1. The topological polar surface area (TPSA) is 34.0 Å². The lowest BCUT2D eigenvalue weighted by Crippen LogP contribution is -2.27. The number of halogens is 1. The Kier molecular flexibility index (Phi) is 4.65. The minimum absolute atomic E-state index is 0.0632. The molecule has 0 fully saturated rings. The molecule has 23 heavy (non-hydrogen) atoms. The van der Waals surface area contributed by atoms with Crippen molar-refractivity contribution in [2.75, 3.05) is 6.54 Å². The number of benzene rings is 2. The zero-order chi connectivity index (χ0) is 16.1. The van der Waals surface area contributed by atoms with Crippen molar-refractivity contribution in [3.63, 3.8) is 0 Å². The van der Waals surface area contributed by atoms with Crippen LogP contribution in [-0.2, 0) is 11.3 Å². The fourth-order valence-electron chi connectivity index (χ4n) is 2.34. The normalized spacial score (nSPS) is 10.1. The molecular formula is C19H15ClN2O. The molecule has 0 spiro atoms. The molecule has 0 aliphatic rings. The molecule has 1 aromatic heterocycles. The third-order valence-corrected chi connectivity index (χ3v) is 3.66. The van der Waals surface area contributed by atoms with E-state index in [4.69, 9.17) is 11.6 Å². The highest BCUT2D eigenvalue weighted by atomic mass is 35.5. The van der Waals surface area contributed by atoms with Gasteiger partial charge in [-0.3, -0.25) is 4.79 Å². The van der Waals surface area contributed by atoms with Crippen LogP contribution >= 0.6 is 11.6 Å². The maximum atomic E-state index is 12.0. The molecule has 0 atom stereocenters. The standard InChI is InChI=1S/C19H15ClN2O/c20-17-8-3-5-15(13-17)6-4-11-21-19(23)14-22-12-10-16-7-1-2-9-18(16)22/h1-3,5,7-10,12-13H,11,14H2,(H,21,23). The molecule has 0 saturated carbocycles. The third kappa shape index (κ3) is 3.94. The molecule has 3 rings (SSSR count). The van der Waals surface area contributed by atoms with Gasteiger partial charge >= 0.3 is 0 Å². The Labute approximate surface area is 139 Å². The van der Waals surface area contributed by atoms with Crippen LogP contribution in [0.3, 0.4) is 0 Å². The zero-order valence-electron chi connectivity index (χ0n) is 12.4. The molecule has 0 saturated heterocycles. The fraction of sp³-hybridized carbons (Fsp3) is 0.105. The van der Waals surface area contributed by atoms with Gasteiger partial charge in [0, 0.05) is 22.3 Å². The maximum Gasteiger partial charge on any atom is 0.240 e. The monoisotopic (exact) mass is 322 g/mol. The average molecular weight is 323 g/mol. The highest BCUT2D eigenvalue weighted by molar-refractivity contribution is 6.30. The van der Waals surface area contributed by atoms with Crippen LogP contribution in [0.1, 0.15) is 5.56 Å². The molecule has 0 unspecified atom stereocenters. The predicted molar refractivity (Wildman–Crippen MR) is 93.3 cm³/mol. The number of carbonyl (C=O) groups is 1. The first kappa shape index (κ1) is 15.2. The Bertz CT molecular complexity index is 902. The van der Waals surface area contributed by atoms with E-state index in [1.54, 1.807) is 12.1 Å². The van der Waals surface area contributed by atoms with Gasteiger partial charge in [-0.25, -0.2) is 0 Å². The second-order valence-electron chi connectivity index (χ2n) is 5.09. The Balaban J connectivity index is 1.56. The quantitative estimate of drug-likeness (QED) is 0.736. The summed E-state index contributed by atoms with van der Waals surface area (Å²) >= 11 is 5.90. The van der Waals surface area contributed by atoms with Crippen molar-refractivity contribution >= 4 is 28.4 Å². The van der Waals surface area contributed by atoms with E-state index in [-0.39, 0.29) is 12.5 Å². The summed E-state index contributed by atoms with van der Waals surface area (Å²) in [5.41, 5.74) is 1.89. The molecule has 0 aliphatic carbocycles. The number of hydrogen-bond acceptors (Lipinski definition) is 1. The van der Waals surface area contributed by atoms with Crippen molar-refractivity contribution < 1.29 is 4.79 Å². The molecule has 4 heteroatoms. The van der Waals surface area contributed by atoms with Gasteiger partial charge in [0.1, 0.15) is 6.54 Å². The number of fused-ring (bicyclic) bond motifs is 1. The van der Waals surface area contributed by atoms with Crippen molar-refractivity contribution in [1.29, 1.82) is 0 Å². The van der Waals surface area contributed by atoms with Gasteiger partial charge in [0.2, 0.25) is 5.91 Å². The first-order valence-corrected chi connectivity index (χ1v) is 7.65. The summed E-state index contributed by atoms with van der Waals surface area (Å²) in [6.07, 6.45) is 1.92. The van der Waals surface area contributed by atoms with Gasteiger partial charge in [0.25, 0.3) is 0 Å². The van der Waals surface area contributed by atoms with Crippen LogP contribution in [0.15, 0.2) is 60.8 Å².